The summed E-state index contributed by atoms with van der Waals surface area (Å²) in [4.78, 5) is 26.2. The van der Waals surface area contributed by atoms with Crippen LogP contribution in [0.15, 0.2) is 53.8 Å². The van der Waals surface area contributed by atoms with Crippen LogP contribution in [0.1, 0.15) is 30.1 Å². The number of carbonyl (C=O) groups is 2. The van der Waals surface area contributed by atoms with Crippen molar-refractivity contribution in [2.24, 2.45) is 0 Å². The molecule has 0 aliphatic rings. The van der Waals surface area contributed by atoms with Gasteiger partial charge in [0.2, 0.25) is 5.91 Å². The van der Waals surface area contributed by atoms with Gasteiger partial charge in [0.25, 0.3) is 5.91 Å². The molecule has 26 heavy (non-hydrogen) atoms. The quantitative estimate of drug-likeness (QED) is 0.522. The molecule has 2 amide bonds. The number of unbranched alkanes of at least 4 members (excludes halogenated alkanes) is 1. The van der Waals surface area contributed by atoms with Crippen molar-refractivity contribution in [2.75, 3.05) is 25.0 Å². The molecule has 1 N–H and O–H groups in total. The van der Waals surface area contributed by atoms with E-state index in [0.717, 1.165) is 12.8 Å². The largest absolute Gasteiger partial charge is 0.494 e. The third kappa shape index (κ3) is 5.77. The maximum Gasteiger partial charge on any atom is 0.254 e. The van der Waals surface area contributed by atoms with Crippen molar-refractivity contribution < 1.29 is 18.8 Å². The summed E-state index contributed by atoms with van der Waals surface area (Å²) in [5.41, 5.74) is 0.476. The number of hydrogen-bond donors (Lipinski definition) is 1. The van der Waals surface area contributed by atoms with Gasteiger partial charge in [-0.05, 0) is 30.7 Å². The summed E-state index contributed by atoms with van der Waals surface area (Å²) in [6.07, 6.45) is 4.97. The van der Waals surface area contributed by atoms with Crippen LogP contribution >= 0.6 is 0 Å². The molecule has 0 aliphatic carbocycles. The van der Waals surface area contributed by atoms with Crippen LogP contribution in [0.4, 0.5) is 5.82 Å². The Morgan fingerprint density at radius 2 is 2.08 bits per heavy atom. The number of rotatable bonds is 10. The SMILES string of the molecule is C=CCN(CC(=O)Nc1ccon1)C(=O)c1ccc(OCCCC)cc1. The van der Waals surface area contributed by atoms with Crippen molar-refractivity contribution >= 4 is 17.6 Å². The summed E-state index contributed by atoms with van der Waals surface area (Å²) in [5.74, 6) is 0.387. The standard InChI is InChI=1S/C19H23N3O4/c1-3-5-12-25-16-8-6-15(7-9-16)19(24)22(11-4-2)14-18(23)20-17-10-13-26-21-17/h4,6-10,13H,2-3,5,11-12,14H2,1H3,(H,20,21,23). The van der Waals surface area contributed by atoms with E-state index in [2.05, 4.69) is 28.5 Å². The highest BCUT2D eigenvalue weighted by Crippen LogP contribution is 2.14. The van der Waals surface area contributed by atoms with E-state index in [1.54, 1.807) is 30.3 Å². The van der Waals surface area contributed by atoms with E-state index in [4.69, 9.17) is 4.74 Å². The van der Waals surface area contributed by atoms with Gasteiger partial charge in [-0.2, -0.15) is 0 Å². The van der Waals surface area contributed by atoms with Crippen LogP contribution in [0.2, 0.25) is 0 Å². The number of nitrogens with one attached hydrogen (secondary N) is 1. The topological polar surface area (TPSA) is 84.7 Å². The van der Waals surface area contributed by atoms with Gasteiger partial charge in [0.1, 0.15) is 18.6 Å². The van der Waals surface area contributed by atoms with E-state index in [0.29, 0.717) is 23.7 Å². The molecule has 1 aromatic carbocycles. The van der Waals surface area contributed by atoms with Crippen molar-refractivity contribution in [1.82, 2.24) is 10.1 Å². The van der Waals surface area contributed by atoms with Gasteiger partial charge in [-0.15, -0.1) is 6.58 Å². The lowest BCUT2D eigenvalue weighted by molar-refractivity contribution is -0.116. The Balaban J connectivity index is 1.98. The lowest BCUT2D eigenvalue weighted by Gasteiger charge is -2.20. The highest BCUT2D eigenvalue weighted by molar-refractivity contribution is 5.99. The molecule has 2 aromatic rings. The van der Waals surface area contributed by atoms with E-state index in [-0.39, 0.29) is 24.9 Å². The number of hydrogen-bond acceptors (Lipinski definition) is 5. The third-order valence-corrected chi connectivity index (χ3v) is 3.54. The molecule has 2 rings (SSSR count). The number of ether oxygens (including phenoxy) is 1. The fraction of sp³-hybridized carbons (Fsp3) is 0.316. The van der Waals surface area contributed by atoms with Crippen molar-refractivity contribution in [3.63, 3.8) is 0 Å². The number of nitrogens with zero attached hydrogens (tertiary/aromatic N) is 2. The van der Waals surface area contributed by atoms with Crippen LogP contribution in [-0.4, -0.2) is 41.6 Å². The molecule has 1 heterocycles. The van der Waals surface area contributed by atoms with Gasteiger partial charge in [-0.1, -0.05) is 24.6 Å². The number of aromatic nitrogens is 1. The zero-order valence-electron chi connectivity index (χ0n) is 14.8. The Morgan fingerprint density at radius 1 is 1.31 bits per heavy atom. The van der Waals surface area contributed by atoms with E-state index < -0.39 is 0 Å². The average molecular weight is 357 g/mol. The monoisotopic (exact) mass is 357 g/mol. The maximum absolute atomic E-state index is 12.7. The van der Waals surface area contributed by atoms with Gasteiger partial charge >= 0.3 is 0 Å². The Hall–Kier alpha value is -3.09. The summed E-state index contributed by atoms with van der Waals surface area (Å²) in [6, 6.07) is 8.41. The highest BCUT2D eigenvalue weighted by Gasteiger charge is 2.18. The van der Waals surface area contributed by atoms with Crippen LogP contribution in [0, 0.1) is 0 Å². The second-order valence-corrected chi connectivity index (χ2v) is 5.63. The van der Waals surface area contributed by atoms with Crippen molar-refractivity contribution in [3.8, 4) is 5.75 Å². The zero-order valence-corrected chi connectivity index (χ0v) is 14.8. The lowest BCUT2D eigenvalue weighted by Crippen LogP contribution is -2.38. The Morgan fingerprint density at radius 3 is 2.69 bits per heavy atom. The minimum Gasteiger partial charge on any atom is -0.494 e. The molecule has 0 saturated carbocycles. The summed E-state index contributed by atoms with van der Waals surface area (Å²) in [6.45, 7) is 6.52. The summed E-state index contributed by atoms with van der Waals surface area (Å²) < 4.78 is 10.2. The zero-order chi connectivity index (χ0) is 18.8. The number of anilines is 1. The fourth-order valence-electron chi connectivity index (χ4n) is 2.22. The molecule has 0 radical (unpaired) electrons. The predicted molar refractivity (Wildman–Crippen MR) is 98.1 cm³/mol. The maximum atomic E-state index is 12.7. The molecular formula is C19H23N3O4. The van der Waals surface area contributed by atoms with Gasteiger partial charge in [0, 0.05) is 18.2 Å². The molecule has 0 bridgehead atoms. The second kappa shape index (κ2) is 10.0. The summed E-state index contributed by atoms with van der Waals surface area (Å²) in [5, 5.41) is 6.17. The number of carbonyl (C=O) groups excluding carboxylic acids is 2. The smallest absolute Gasteiger partial charge is 0.254 e. The molecule has 0 fully saturated rings. The first-order valence-electron chi connectivity index (χ1n) is 8.47. The first-order valence-corrected chi connectivity index (χ1v) is 8.47. The van der Waals surface area contributed by atoms with Crippen molar-refractivity contribution in [2.45, 2.75) is 19.8 Å². The van der Waals surface area contributed by atoms with Crippen molar-refractivity contribution in [1.29, 1.82) is 0 Å². The summed E-state index contributed by atoms with van der Waals surface area (Å²) in [7, 11) is 0. The van der Waals surface area contributed by atoms with E-state index in [1.165, 1.54) is 17.2 Å². The van der Waals surface area contributed by atoms with Gasteiger partial charge < -0.3 is 19.5 Å². The van der Waals surface area contributed by atoms with E-state index >= 15 is 0 Å². The van der Waals surface area contributed by atoms with E-state index in [1.807, 2.05) is 0 Å². The van der Waals surface area contributed by atoms with Gasteiger partial charge in [0.15, 0.2) is 5.82 Å². The molecule has 7 heteroatoms. The first kappa shape index (κ1) is 19.2. The number of benzene rings is 1. The predicted octanol–water partition coefficient (Wildman–Crippen LogP) is 3.12. The molecule has 0 unspecified atom stereocenters. The first-order chi connectivity index (χ1) is 12.6. The molecule has 7 nitrogen and oxygen atoms in total. The number of amides is 2. The lowest BCUT2D eigenvalue weighted by atomic mass is 10.2. The average Bonchev–Trinajstić information content (AvgIpc) is 3.14. The van der Waals surface area contributed by atoms with Gasteiger partial charge in [-0.25, -0.2) is 0 Å². The minimum atomic E-state index is -0.367. The summed E-state index contributed by atoms with van der Waals surface area (Å²) >= 11 is 0. The highest BCUT2D eigenvalue weighted by atomic mass is 16.5. The molecule has 1 aromatic heterocycles. The second-order valence-electron chi connectivity index (χ2n) is 5.63. The van der Waals surface area contributed by atoms with Gasteiger partial charge in [0.05, 0.1) is 6.61 Å². The minimum absolute atomic E-state index is 0.119. The molecule has 0 atom stereocenters. The van der Waals surface area contributed by atoms with Crippen LogP contribution in [-0.2, 0) is 4.79 Å². The molecule has 0 saturated heterocycles. The Kier molecular flexibility index (Phi) is 7.42. The Labute approximate surface area is 152 Å². The van der Waals surface area contributed by atoms with Gasteiger partial charge in [-0.3, -0.25) is 9.59 Å². The van der Waals surface area contributed by atoms with E-state index in [9.17, 15) is 9.59 Å². The van der Waals surface area contributed by atoms with Crippen molar-refractivity contribution in [3.05, 3.63) is 54.8 Å². The van der Waals surface area contributed by atoms with Crippen LogP contribution in [0.25, 0.3) is 0 Å². The third-order valence-electron chi connectivity index (χ3n) is 3.54. The van der Waals surface area contributed by atoms with Crippen LogP contribution < -0.4 is 10.1 Å². The molecular weight excluding hydrogens is 334 g/mol. The Bertz CT molecular complexity index is 711. The normalized spacial score (nSPS) is 10.2. The molecule has 0 spiro atoms. The van der Waals surface area contributed by atoms with Crippen LogP contribution in [0.3, 0.4) is 0 Å². The molecule has 138 valence electrons. The molecule has 0 aliphatic heterocycles. The fourth-order valence-corrected chi connectivity index (χ4v) is 2.22. The van der Waals surface area contributed by atoms with Crippen LogP contribution in [0.5, 0.6) is 5.75 Å².